The van der Waals surface area contributed by atoms with Crippen LogP contribution in [-0.4, -0.2) is 11.1 Å². The standard InChI is InChI=1S/C19H16N2O2/c22-19(23-14-15-4-2-1-3-5-15)21-18-8-6-16(7-9-18)17-10-12-20-13-11-17/h1-13H,14H2,(H,21,22). The van der Waals surface area contributed by atoms with Crippen molar-refractivity contribution in [2.45, 2.75) is 6.61 Å². The molecule has 0 aliphatic heterocycles. The van der Waals surface area contributed by atoms with Crippen LogP contribution in [0.2, 0.25) is 0 Å². The van der Waals surface area contributed by atoms with E-state index in [4.69, 9.17) is 4.74 Å². The highest BCUT2D eigenvalue weighted by atomic mass is 16.5. The second kappa shape index (κ2) is 7.22. The van der Waals surface area contributed by atoms with Crippen LogP contribution in [0.5, 0.6) is 0 Å². The Morgan fingerprint density at radius 3 is 2.22 bits per heavy atom. The Kier molecular flexibility index (Phi) is 4.64. The first-order chi connectivity index (χ1) is 11.3. The summed E-state index contributed by atoms with van der Waals surface area (Å²) in [4.78, 5) is 15.8. The van der Waals surface area contributed by atoms with Gasteiger partial charge in [0.15, 0.2) is 0 Å². The van der Waals surface area contributed by atoms with E-state index in [9.17, 15) is 4.79 Å². The van der Waals surface area contributed by atoms with Crippen molar-refractivity contribution in [3.05, 3.63) is 84.7 Å². The summed E-state index contributed by atoms with van der Waals surface area (Å²) in [5, 5.41) is 2.72. The molecule has 4 nitrogen and oxygen atoms in total. The Hall–Kier alpha value is -3.14. The predicted octanol–water partition coefficient (Wildman–Crippen LogP) is 4.50. The van der Waals surface area contributed by atoms with Crippen molar-refractivity contribution in [3.8, 4) is 11.1 Å². The van der Waals surface area contributed by atoms with Gasteiger partial charge in [-0.15, -0.1) is 0 Å². The molecule has 0 aliphatic carbocycles. The van der Waals surface area contributed by atoms with Gasteiger partial charge in [-0.1, -0.05) is 42.5 Å². The van der Waals surface area contributed by atoms with Gasteiger partial charge >= 0.3 is 6.09 Å². The molecule has 2 aromatic carbocycles. The van der Waals surface area contributed by atoms with Gasteiger partial charge in [-0.05, 0) is 41.0 Å². The third-order valence-corrected chi connectivity index (χ3v) is 3.36. The third-order valence-electron chi connectivity index (χ3n) is 3.36. The van der Waals surface area contributed by atoms with Gasteiger partial charge in [-0.3, -0.25) is 10.3 Å². The first-order valence-corrected chi connectivity index (χ1v) is 7.29. The van der Waals surface area contributed by atoms with Crippen LogP contribution in [0.3, 0.4) is 0 Å². The van der Waals surface area contributed by atoms with Gasteiger partial charge < -0.3 is 4.74 Å². The van der Waals surface area contributed by atoms with E-state index in [1.807, 2.05) is 66.7 Å². The van der Waals surface area contributed by atoms with Crippen LogP contribution in [0.15, 0.2) is 79.1 Å². The molecule has 0 saturated heterocycles. The van der Waals surface area contributed by atoms with Gasteiger partial charge in [-0.2, -0.15) is 0 Å². The van der Waals surface area contributed by atoms with Crippen LogP contribution in [0.1, 0.15) is 5.56 Å². The summed E-state index contributed by atoms with van der Waals surface area (Å²) >= 11 is 0. The fourth-order valence-electron chi connectivity index (χ4n) is 2.17. The Balaban J connectivity index is 1.57. The molecule has 3 rings (SSSR count). The smallest absolute Gasteiger partial charge is 0.411 e. The molecule has 0 saturated carbocycles. The quantitative estimate of drug-likeness (QED) is 0.772. The number of pyridine rings is 1. The van der Waals surface area contributed by atoms with E-state index in [1.165, 1.54) is 0 Å². The zero-order valence-corrected chi connectivity index (χ0v) is 12.5. The molecule has 4 heteroatoms. The molecular formula is C19H16N2O2. The van der Waals surface area contributed by atoms with E-state index in [0.717, 1.165) is 16.7 Å². The zero-order valence-electron chi connectivity index (χ0n) is 12.5. The number of nitrogens with one attached hydrogen (secondary N) is 1. The summed E-state index contributed by atoms with van der Waals surface area (Å²) in [5.74, 6) is 0. The number of aromatic nitrogens is 1. The van der Waals surface area contributed by atoms with Crippen molar-refractivity contribution in [1.29, 1.82) is 0 Å². The monoisotopic (exact) mass is 304 g/mol. The van der Waals surface area contributed by atoms with Crippen molar-refractivity contribution in [3.63, 3.8) is 0 Å². The van der Waals surface area contributed by atoms with Gasteiger partial charge in [0.1, 0.15) is 6.61 Å². The lowest BCUT2D eigenvalue weighted by Crippen LogP contribution is -2.13. The summed E-state index contributed by atoms with van der Waals surface area (Å²) in [5.41, 5.74) is 3.80. The summed E-state index contributed by atoms with van der Waals surface area (Å²) in [7, 11) is 0. The van der Waals surface area contributed by atoms with E-state index in [0.29, 0.717) is 5.69 Å². The number of rotatable bonds is 4. The minimum absolute atomic E-state index is 0.252. The highest BCUT2D eigenvalue weighted by Gasteiger charge is 2.04. The molecular weight excluding hydrogens is 288 g/mol. The van der Waals surface area contributed by atoms with Crippen molar-refractivity contribution >= 4 is 11.8 Å². The topological polar surface area (TPSA) is 51.2 Å². The van der Waals surface area contributed by atoms with Crippen LogP contribution < -0.4 is 5.32 Å². The van der Waals surface area contributed by atoms with Gasteiger partial charge in [0.2, 0.25) is 0 Å². The predicted molar refractivity (Wildman–Crippen MR) is 89.9 cm³/mol. The maximum absolute atomic E-state index is 11.8. The van der Waals surface area contributed by atoms with Crippen LogP contribution >= 0.6 is 0 Å². The van der Waals surface area contributed by atoms with E-state index in [2.05, 4.69) is 10.3 Å². The molecule has 0 bridgehead atoms. The molecule has 0 aliphatic rings. The average Bonchev–Trinajstić information content (AvgIpc) is 2.62. The molecule has 0 spiro atoms. The molecule has 0 unspecified atom stereocenters. The summed E-state index contributed by atoms with van der Waals surface area (Å²) in [6.45, 7) is 0.252. The minimum Gasteiger partial charge on any atom is -0.444 e. The Bertz CT molecular complexity index is 756. The number of hydrogen-bond acceptors (Lipinski definition) is 3. The lowest BCUT2D eigenvalue weighted by atomic mass is 10.1. The number of carbonyl (C=O) groups excluding carboxylic acids is 1. The van der Waals surface area contributed by atoms with Crippen LogP contribution in [0, 0.1) is 0 Å². The van der Waals surface area contributed by atoms with Gasteiger partial charge in [-0.25, -0.2) is 4.79 Å². The van der Waals surface area contributed by atoms with Crippen LogP contribution in [0.4, 0.5) is 10.5 Å². The first kappa shape index (κ1) is 14.8. The van der Waals surface area contributed by atoms with Crippen molar-refractivity contribution in [2.24, 2.45) is 0 Å². The normalized spacial score (nSPS) is 10.1. The summed E-state index contributed by atoms with van der Waals surface area (Å²) in [6.07, 6.45) is 3.04. The second-order valence-electron chi connectivity index (χ2n) is 5.00. The fraction of sp³-hybridized carbons (Fsp3) is 0.0526. The number of carbonyl (C=O) groups is 1. The van der Waals surface area contributed by atoms with Crippen molar-refractivity contribution in [2.75, 3.05) is 5.32 Å². The lowest BCUT2D eigenvalue weighted by Gasteiger charge is -2.08. The van der Waals surface area contributed by atoms with Crippen LogP contribution in [-0.2, 0) is 11.3 Å². The van der Waals surface area contributed by atoms with Gasteiger partial charge in [0, 0.05) is 18.1 Å². The van der Waals surface area contributed by atoms with Crippen molar-refractivity contribution in [1.82, 2.24) is 4.98 Å². The highest BCUT2D eigenvalue weighted by Crippen LogP contribution is 2.20. The number of nitrogens with zero attached hydrogens (tertiary/aromatic N) is 1. The molecule has 1 heterocycles. The Labute approximate surface area is 134 Å². The molecule has 0 radical (unpaired) electrons. The van der Waals surface area contributed by atoms with E-state index in [-0.39, 0.29) is 6.61 Å². The van der Waals surface area contributed by atoms with E-state index in [1.54, 1.807) is 12.4 Å². The largest absolute Gasteiger partial charge is 0.444 e. The number of ether oxygens (including phenoxy) is 1. The summed E-state index contributed by atoms with van der Waals surface area (Å²) < 4.78 is 5.19. The maximum Gasteiger partial charge on any atom is 0.411 e. The molecule has 1 N–H and O–H groups in total. The minimum atomic E-state index is -0.467. The number of amides is 1. The van der Waals surface area contributed by atoms with E-state index < -0.39 is 6.09 Å². The average molecular weight is 304 g/mol. The number of benzene rings is 2. The molecule has 0 fully saturated rings. The maximum atomic E-state index is 11.8. The van der Waals surface area contributed by atoms with Crippen LogP contribution in [0.25, 0.3) is 11.1 Å². The van der Waals surface area contributed by atoms with E-state index >= 15 is 0 Å². The Morgan fingerprint density at radius 1 is 0.870 bits per heavy atom. The molecule has 23 heavy (non-hydrogen) atoms. The molecule has 1 amide bonds. The number of anilines is 1. The SMILES string of the molecule is O=C(Nc1ccc(-c2ccncc2)cc1)OCc1ccccc1. The summed E-state index contributed by atoms with van der Waals surface area (Å²) in [6, 6.07) is 21.0. The fourth-order valence-corrected chi connectivity index (χ4v) is 2.17. The first-order valence-electron chi connectivity index (χ1n) is 7.29. The zero-order chi connectivity index (χ0) is 15.9. The third kappa shape index (κ3) is 4.17. The lowest BCUT2D eigenvalue weighted by molar-refractivity contribution is 0.155. The molecule has 1 aromatic heterocycles. The molecule has 3 aromatic rings. The highest BCUT2D eigenvalue weighted by molar-refractivity contribution is 5.85. The second-order valence-corrected chi connectivity index (χ2v) is 5.00. The Morgan fingerprint density at radius 2 is 1.52 bits per heavy atom. The molecule has 114 valence electrons. The molecule has 0 atom stereocenters. The van der Waals surface area contributed by atoms with Crippen molar-refractivity contribution < 1.29 is 9.53 Å². The van der Waals surface area contributed by atoms with Gasteiger partial charge in [0.25, 0.3) is 0 Å². The van der Waals surface area contributed by atoms with Gasteiger partial charge in [0.05, 0.1) is 0 Å². The number of hydrogen-bond donors (Lipinski definition) is 1.